The summed E-state index contributed by atoms with van der Waals surface area (Å²) in [4.78, 5) is 13.1. The van der Waals surface area contributed by atoms with Crippen molar-refractivity contribution < 1.29 is 0 Å². The number of nitrogens with one attached hydrogen (secondary N) is 1. The maximum Gasteiger partial charge on any atom is 0.147 e. The summed E-state index contributed by atoms with van der Waals surface area (Å²) in [7, 11) is 0. The largest absolute Gasteiger partial charge is 0.365 e. The van der Waals surface area contributed by atoms with Gasteiger partial charge in [-0.25, -0.2) is 9.97 Å². The number of anilines is 1. The molecular weight excluding hydrogens is 354 g/mol. The number of terminal acetylenes is 1. The number of aromatic nitrogens is 4. The number of rotatable bonds is 2. The Morgan fingerprint density at radius 1 is 1.15 bits per heavy atom. The smallest absolute Gasteiger partial charge is 0.147 e. The van der Waals surface area contributed by atoms with Gasteiger partial charge in [0.25, 0.3) is 0 Å². The first-order valence-electron chi connectivity index (χ1n) is 8.59. The van der Waals surface area contributed by atoms with Gasteiger partial charge >= 0.3 is 0 Å². The highest BCUT2D eigenvalue weighted by Crippen LogP contribution is 2.32. The molecule has 0 aromatic carbocycles. The van der Waals surface area contributed by atoms with Crippen LogP contribution in [0.4, 0.5) is 5.82 Å². The van der Waals surface area contributed by atoms with Crippen LogP contribution in [0.3, 0.4) is 0 Å². The van der Waals surface area contributed by atoms with Crippen LogP contribution >= 0.6 is 11.3 Å². The second kappa shape index (κ2) is 6.53. The number of hydrogen-bond acceptors (Lipinski definition) is 5. The van der Waals surface area contributed by atoms with E-state index in [2.05, 4.69) is 48.0 Å². The molecule has 6 heteroatoms. The third kappa shape index (κ3) is 3.42. The highest BCUT2D eigenvalue weighted by Gasteiger charge is 2.20. The van der Waals surface area contributed by atoms with E-state index in [1.165, 1.54) is 22.6 Å². The summed E-state index contributed by atoms with van der Waals surface area (Å²) in [5.41, 5.74) is 4.78. The number of nitrogens with zero attached hydrogens (tertiary/aromatic N) is 4. The molecule has 1 aliphatic carbocycles. The molecule has 27 heavy (non-hydrogen) atoms. The zero-order chi connectivity index (χ0) is 19.0. The molecule has 5 nitrogen and oxygen atoms in total. The van der Waals surface area contributed by atoms with Gasteiger partial charge in [0, 0.05) is 28.9 Å². The fourth-order valence-electron chi connectivity index (χ4n) is 2.62. The lowest BCUT2D eigenvalue weighted by Gasteiger charge is -2.22. The fraction of sp³-hybridized carbons (Fsp3) is 0.190. The van der Waals surface area contributed by atoms with Gasteiger partial charge in [0.05, 0.1) is 5.69 Å². The van der Waals surface area contributed by atoms with Crippen molar-refractivity contribution in [1.82, 2.24) is 19.4 Å². The maximum absolute atomic E-state index is 5.41. The van der Waals surface area contributed by atoms with Gasteiger partial charge in [0.2, 0.25) is 0 Å². The van der Waals surface area contributed by atoms with Gasteiger partial charge in [-0.1, -0.05) is 6.07 Å². The summed E-state index contributed by atoms with van der Waals surface area (Å²) in [6.07, 6.45) is 9.28. The van der Waals surface area contributed by atoms with Crippen LogP contribution in [0.25, 0.3) is 27.6 Å². The molecule has 0 fully saturated rings. The van der Waals surface area contributed by atoms with E-state index < -0.39 is 0 Å². The SMILES string of the molecule is C#Cc1csc(-c2nc3ccccn3c2NC(C)(C)C)n1.c1cc2ncc1-2. The lowest BCUT2D eigenvalue weighted by Crippen LogP contribution is -2.27. The zero-order valence-corrected chi connectivity index (χ0v) is 16.2. The second-order valence-electron chi connectivity index (χ2n) is 7.23. The Bertz CT molecular complexity index is 1120. The molecule has 0 saturated carbocycles. The first kappa shape index (κ1) is 17.3. The molecule has 3 aromatic rings. The first-order chi connectivity index (χ1) is 12.9. The Morgan fingerprint density at radius 2 is 1.96 bits per heavy atom. The minimum Gasteiger partial charge on any atom is -0.365 e. The summed E-state index contributed by atoms with van der Waals surface area (Å²) >= 11 is 1.51. The van der Waals surface area contributed by atoms with Gasteiger partial charge in [-0.05, 0) is 51.0 Å². The number of fused-ring (bicyclic) bond motifs is 2. The van der Waals surface area contributed by atoms with Crippen LogP contribution in [0.5, 0.6) is 0 Å². The summed E-state index contributed by atoms with van der Waals surface area (Å²) in [6, 6.07) is 10.0. The van der Waals surface area contributed by atoms with Gasteiger partial charge < -0.3 is 5.32 Å². The fourth-order valence-corrected chi connectivity index (χ4v) is 3.37. The van der Waals surface area contributed by atoms with E-state index in [1.54, 1.807) is 0 Å². The minimum absolute atomic E-state index is 0.0766. The van der Waals surface area contributed by atoms with E-state index in [4.69, 9.17) is 11.4 Å². The molecule has 5 rings (SSSR count). The lowest BCUT2D eigenvalue weighted by molar-refractivity contribution is 0.629. The third-order valence-corrected chi connectivity index (χ3v) is 4.79. The molecule has 134 valence electrons. The molecule has 3 aromatic heterocycles. The molecular formula is C21H19N5S. The van der Waals surface area contributed by atoms with Crippen molar-refractivity contribution in [3.63, 3.8) is 0 Å². The zero-order valence-electron chi connectivity index (χ0n) is 15.4. The predicted molar refractivity (Wildman–Crippen MR) is 111 cm³/mol. The standard InChI is InChI=1S/C16H16N4S.C5H3N/c1-5-11-10-21-15(17-11)13-14(19-16(2,3)4)20-9-7-6-8-12(20)18-13;1-2-5-4(1)3-6-5/h1,6-10,19H,2-4H3;1-3H. The van der Waals surface area contributed by atoms with Crippen molar-refractivity contribution >= 4 is 22.8 Å². The Hall–Kier alpha value is -3.17. The number of hydrogen-bond donors (Lipinski definition) is 1. The maximum atomic E-state index is 5.41. The quantitative estimate of drug-likeness (QED) is 0.455. The van der Waals surface area contributed by atoms with Crippen LogP contribution in [0, 0.1) is 12.3 Å². The highest BCUT2D eigenvalue weighted by molar-refractivity contribution is 7.13. The molecule has 0 bridgehead atoms. The second-order valence-corrected chi connectivity index (χ2v) is 8.09. The number of pyridine rings is 2. The van der Waals surface area contributed by atoms with Crippen molar-refractivity contribution in [2.75, 3.05) is 5.32 Å². The van der Waals surface area contributed by atoms with Gasteiger partial charge in [-0.3, -0.25) is 9.38 Å². The Labute approximate surface area is 162 Å². The minimum atomic E-state index is -0.0766. The summed E-state index contributed by atoms with van der Waals surface area (Å²) < 4.78 is 2.04. The van der Waals surface area contributed by atoms with E-state index in [-0.39, 0.29) is 5.54 Å². The van der Waals surface area contributed by atoms with E-state index in [0.717, 1.165) is 22.2 Å². The summed E-state index contributed by atoms with van der Waals surface area (Å²) in [6.45, 7) is 6.36. The van der Waals surface area contributed by atoms with Gasteiger partial charge in [0.15, 0.2) is 0 Å². The van der Waals surface area contributed by atoms with E-state index >= 15 is 0 Å². The van der Waals surface area contributed by atoms with Crippen molar-refractivity contribution in [2.45, 2.75) is 26.3 Å². The average Bonchev–Trinajstić information content (AvgIpc) is 3.22. The molecule has 2 aliphatic rings. The molecule has 0 atom stereocenters. The van der Waals surface area contributed by atoms with Crippen LogP contribution in [0.2, 0.25) is 0 Å². The molecule has 0 saturated heterocycles. The number of imidazole rings is 1. The normalized spacial score (nSPS) is 11.5. The number of thiazole rings is 1. The predicted octanol–water partition coefficient (Wildman–Crippen LogP) is 4.71. The van der Waals surface area contributed by atoms with E-state index in [9.17, 15) is 0 Å². The molecule has 1 aliphatic heterocycles. The highest BCUT2D eigenvalue weighted by atomic mass is 32.1. The monoisotopic (exact) mass is 373 g/mol. The van der Waals surface area contributed by atoms with Crippen LogP contribution in [0.15, 0.2) is 48.1 Å². The molecule has 0 amide bonds. The average molecular weight is 373 g/mol. The molecule has 4 heterocycles. The van der Waals surface area contributed by atoms with E-state index in [0.29, 0.717) is 5.69 Å². The molecule has 0 spiro atoms. The van der Waals surface area contributed by atoms with Gasteiger partial charge in [0.1, 0.15) is 27.9 Å². The Kier molecular flexibility index (Phi) is 4.17. The topological polar surface area (TPSA) is 55.1 Å². The van der Waals surface area contributed by atoms with Gasteiger partial charge in [-0.2, -0.15) is 0 Å². The Balaban J connectivity index is 0.000000250. The lowest BCUT2D eigenvalue weighted by atomic mass is 10.1. The Morgan fingerprint density at radius 3 is 2.48 bits per heavy atom. The van der Waals surface area contributed by atoms with Crippen molar-refractivity contribution in [3.05, 3.63) is 53.8 Å². The van der Waals surface area contributed by atoms with Crippen LogP contribution < -0.4 is 5.32 Å². The van der Waals surface area contributed by atoms with Crippen molar-refractivity contribution in [3.8, 4) is 34.3 Å². The summed E-state index contributed by atoms with van der Waals surface area (Å²) in [5, 5.41) is 6.22. The summed E-state index contributed by atoms with van der Waals surface area (Å²) in [5.74, 6) is 3.50. The van der Waals surface area contributed by atoms with Crippen molar-refractivity contribution in [2.24, 2.45) is 0 Å². The molecule has 0 unspecified atom stereocenters. The van der Waals surface area contributed by atoms with Crippen molar-refractivity contribution in [1.29, 1.82) is 0 Å². The van der Waals surface area contributed by atoms with Gasteiger partial charge in [-0.15, -0.1) is 17.8 Å². The third-order valence-electron chi connectivity index (χ3n) is 3.94. The van der Waals surface area contributed by atoms with Crippen LogP contribution in [0.1, 0.15) is 26.5 Å². The molecule has 0 radical (unpaired) electrons. The van der Waals surface area contributed by atoms with Crippen LogP contribution in [-0.4, -0.2) is 24.9 Å². The first-order valence-corrected chi connectivity index (χ1v) is 9.47. The van der Waals surface area contributed by atoms with E-state index in [1.807, 2.05) is 46.4 Å². The van der Waals surface area contributed by atoms with Crippen LogP contribution in [-0.2, 0) is 0 Å². The molecule has 1 N–H and O–H groups in total.